The van der Waals surface area contributed by atoms with Gasteiger partial charge in [-0.2, -0.15) is 0 Å². The average molecular weight is 701 g/mol. The summed E-state index contributed by atoms with van der Waals surface area (Å²) in [5.41, 5.74) is 16.3. The minimum atomic E-state index is -2.57. The lowest BCUT2D eigenvalue weighted by Crippen LogP contribution is -2.70. The van der Waals surface area contributed by atoms with Crippen molar-refractivity contribution < 1.29 is 0 Å². The summed E-state index contributed by atoms with van der Waals surface area (Å²) in [6.45, 7) is 4.73. The predicted octanol–water partition coefficient (Wildman–Crippen LogP) is 11.0. The minimum absolute atomic E-state index is 0.0211. The summed E-state index contributed by atoms with van der Waals surface area (Å²) in [5.74, 6) is 0. The van der Waals surface area contributed by atoms with Crippen LogP contribution in [-0.2, 0) is 5.41 Å². The highest BCUT2D eigenvalue weighted by Crippen LogP contribution is 2.51. The Kier molecular flexibility index (Phi) is 5.96. The Morgan fingerprint density at radius 1 is 0.315 bits per heavy atom. The molecular formula is C53H36Si. The average Bonchev–Trinajstić information content (AvgIpc) is 3.78. The van der Waals surface area contributed by atoms with E-state index in [1.807, 2.05) is 0 Å². The van der Waals surface area contributed by atoms with Crippen molar-refractivity contribution in [1.82, 2.24) is 0 Å². The van der Waals surface area contributed by atoms with Gasteiger partial charge in [0.25, 0.3) is 0 Å². The fraction of sp³-hybridized carbons (Fsp3) is 0.0566. The van der Waals surface area contributed by atoms with Crippen LogP contribution in [0, 0.1) is 0 Å². The molecule has 9 aromatic carbocycles. The third-order valence-electron chi connectivity index (χ3n) is 13.1. The van der Waals surface area contributed by atoms with E-state index in [9.17, 15) is 0 Å². The van der Waals surface area contributed by atoms with E-state index in [0.29, 0.717) is 0 Å². The van der Waals surface area contributed by atoms with Crippen LogP contribution in [0.5, 0.6) is 0 Å². The van der Waals surface area contributed by atoms with Crippen molar-refractivity contribution in [2.45, 2.75) is 19.3 Å². The summed E-state index contributed by atoms with van der Waals surface area (Å²) in [5, 5.41) is 11.2. The Labute approximate surface area is 317 Å². The van der Waals surface area contributed by atoms with Gasteiger partial charge in [0.1, 0.15) is 0 Å². The molecule has 0 atom stereocenters. The van der Waals surface area contributed by atoms with Crippen molar-refractivity contribution in [3.05, 3.63) is 193 Å². The molecule has 2 heterocycles. The number of hydrogen-bond acceptors (Lipinski definition) is 0. The highest BCUT2D eigenvalue weighted by molar-refractivity contribution is 7.24. The molecule has 0 saturated carbocycles. The molecule has 252 valence electrons. The van der Waals surface area contributed by atoms with Crippen LogP contribution in [0.1, 0.15) is 25.0 Å². The van der Waals surface area contributed by atoms with Crippen LogP contribution >= 0.6 is 0 Å². The SMILES string of the molecule is CC1(C)c2ccccc2-c2cc(-c3c4ccccc4c(-c4ccc5c(c4)[Si]4(c6ccccc6-c6ccccc64)c4ccccc4-5)c4ccccc34)ccc21. The topological polar surface area (TPSA) is 0 Å². The van der Waals surface area contributed by atoms with Crippen LogP contribution < -0.4 is 20.7 Å². The van der Waals surface area contributed by atoms with Gasteiger partial charge in [-0.3, -0.25) is 0 Å². The van der Waals surface area contributed by atoms with Gasteiger partial charge >= 0.3 is 0 Å². The number of rotatable bonds is 2. The molecule has 0 N–H and O–H groups in total. The van der Waals surface area contributed by atoms with Gasteiger partial charge in [-0.05, 0) is 115 Å². The van der Waals surface area contributed by atoms with Crippen molar-refractivity contribution >= 4 is 50.4 Å². The van der Waals surface area contributed by atoms with Crippen LogP contribution in [-0.4, -0.2) is 8.07 Å². The van der Waals surface area contributed by atoms with E-state index in [-0.39, 0.29) is 5.41 Å². The van der Waals surface area contributed by atoms with Gasteiger partial charge < -0.3 is 0 Å². The second-order valence-corrected chi connectivity index (χ2v) is 19.6. The summed E-state index contributed by atoms with van der Waals surface area (Å²) < 4.78 is 0. The molecule has 0 saturated heterocycles. The Morgan fingerprint density at radius 2 is 0.704 bits per heavy atom. The van der Waals surface area contributed by atoms with Crippen molar-refractivity contribution in [3.63, 3.8) is 0 Å². The highest BCUT2D eigenvalue weighted by Gasteiger charge is 2.53. The zero-order chi connectivity index (χ0) is 35.8. The molecule has 1 heteroatoms. The molecule has 2 aliphatic heterocycles. The van der Waals surface area contributed by atoms with Crippen LogP contribution in [0.15, 0.2) is 182 Å². The summed E-state index contributed by atoms with van der Waals surface area (Å²) >= 11 is 0. The molecule has 3 aliphatic rings. The number of fused-ring (bicyclic) bond motifs is 15. The predicted molar refractivity (Wildman–Crippen MR) is 231 cm³/mol. The first-order valence-corrected chi connectivity index (χ1v) is 21.2. The summed E-state index contributed by atoms with van der Waals surface area (Å²) in [4.78, 5) is 0. The third-order valence-corrected chi connectivity index (χ3v) is 18.0. The van der Waals surface area contributed by atoms with E-state index in [4.69, 9.17) is 0 Å². The molecule has 0 fully saturated rings. The molecule has 9 aromatic rings. The number of hydrogen-bond donors (Lipinski definition) is 0. The van der Waals surface area contributed by atoms with E-state index in [2.05, 4.69) is 196 Å². The maximum Gasteiger partial charge on any atom is 0.182 e. The smallest absolute Gasteiger partial charge is 0.0623 e. The van der Waals surface area contributed by atoms with Crippen molar-refractivity contribution in [1.29, 1.82) is 0 Å². The summed E-state index contributed by atoms with van der Waals surface area (Å²) in [7, 11) is -2.57. The first kappa shape index (κ1) is 30.2. The van der Waals surface area contributed by atoms with Crippen LogP contribution in [0.25, 0.3) is 77.2 Å². The summed E-state index contributed by atoms with van der Waals surface area (Å²) in [6.07, 6.45) is 0. The van der Waals surface area contributed by atoms with Crippen LogP contribution in [0.4, 0.5) is 0 Å². The molecule has 54 heavy (non-hydrogen) atoms. The first-order valence-electron chi connectivity index (χ1n) is 19.2. The molecule has 0 radical (unpaired) electrons. The molecule has 1 spiro atoms. The Hall–Kier alpha value is -6.28. The van der Waals surface area contributed by atoms with E-state index in [1.165, 1.54) is 109 Å². The van der Waals surface area contributed by atoms with E-state index in [0.717, 1.165) is 0 Å². The monoisotopic (exact) mass is 700 g/mol. The van der Waals surface area contributed by atoms with E-state index in [1.54, 1.807) is 0 Å². The zero-order valence-electron chi connectivity index (χ0n) is 30.3. The number of benzene rings is 9. The van der Waals surface area contributed by atoms with Crippen molar-refractivity contribution in [3.8, 4) is 55.6 Å². The lowest BCUT2D eigenvalue weighted by Gasteiger charge is -2.28. The molecule has 0 nitrogen and oxygen atoms in total. The minimum Gasteiger partial charge on any atom is -0.0623 e. The molecule has 0 aromatic heterocycles. The van der Waals surface area contributed by atoms with Gasteiger partial charge in [-0.25, -0.2) is 0 Å². The molecule has 0 bridgehead atoms. The highest BCUT2D eigenvalue weighted by atomic mass is 28.3. The second-order valence-electron chi connectivity index (χ2n) is 15.9. The lowest BCUT2D eigenvalue weighted by atomic mass is 9.81. The first-order chi connectivity index (χ1) is 26.6. The normalized spacial score (nSPS) is 14.8. The Bertz CT molecular complexity index is 2970. The molecule has 0 unspecified atom stereocenters. The fourth-order valence-electron chi connectivity index (χ4n) is 10.9. The standard InChI is InChI=1S/C53H36Si/c1-53(2)45-23-11-7-15-35(45)44-31-33(28-30-46(44)53)51-40-19-3-5-21-42(40)52(43-22-6-4-20-41(43)51)34-27-29-39-38-18-10-14-26-49(38)54(50(39)32-34)47-24-12-8-16-36(47)37-17-9-13-25-48(37)54/h3-32H,1-2H3. The Morgan fingerprint density at radius 3 is 1.24 bits per heavy atom. The van der Waals surface area contributed by atoms with Crippen molar-refractivity contribution in [2.75, 3.05) is 0 Å². The zero-order valence-corrected chi connectivity index (χ0v) is 31.3. The lowest BCUT2D eigenvalue weighted by molar-refractivity contribution is 0.660. The Balaban J connectivity index is 1.14. The molecule has 12 rings (SSSR count). The van der Waals surface area contributed by atoms with Gasteiger partial charge in [-0.15, -0.1) is 0 Å². The quantitative estimate of drug-likeness (QED) is 0.124. The van der Waals surface area contributed by atoms with Gasteiger partial charge in [0.15, 0.2) is 8.07 Å². The maximum absolute atomic E-state index is 2.60. The van der Waals surface area contributed by atoms with Crippen LogP contribution in [0.2, 0.25) is 0 Å². The van der Waals surface area contributed by atoms with Gasteiger partial charge in [-0.1, -0.05) is 190 Å². The largest absolute Gasteiger partial charge is 0.182 e. The molecule has 1 aliphatic carbocycles. The van der Waals surface area contributed by atoms with Crippen molar-refractivity contribution in [2.24, 2.45) is 0 Å². The van der Waals surface area contributed by atoms with E-state index >= 15 is 0 Å². The van der Waals surface area contributed by atoms with E-state index < -0.39 is 8.07 Å². The van der Waals surface area contributed by atoms with Gasteiger partial charge in [0, 0.05) is 5.41 Å². The molecular weight excluding hydrogens is 665 g/mol. The van der Waals surface area contributed by atoms with Gasteiger partial charge in [0.2, 0.25) is 0 Å². The fourth-order valence-corrected chi connectivity index (χ4v) is 16.5. The van der Waals surface area contributed by atoms with Crippen LogP contribution in [0.3, 0.4) is 0 Å². The molecule has 0 amide bonds. The third kappa shape index (κ3) is 3.68. The maximum atomic E-state index is 2.60. The van der Waals surface area contributed by atoms with Gasteiger partial charge in [0.05, 0.1) is 0 Å². The summed E-state index contributed by atoms with van der Waals surface area (Å²) in [6, 6.07) is 69.6. The second kappa shape index (κ2) is 10.7.